The number of nitrogens with zero attached hydrogens (tertiary/aromatic N) is 5. The Balaban J connectivity index is 1.42. The van der Waals surface area contributed by atoms with Crippen molar-refractivity contribution in [2.24, 2.45) is 0 Å². The summed E-state index contributed by atoms with van der Waals surface area (Å²) in [5.41, 5.74) is 1.53. The molecule has 2 aromatic heterocycles. The number of para-hydroxylation sites is 3. The van der Waals surface area contributed by atoms with Gasteiger partial charge in [-0.1, -0.05) is 30.3 Å². The number of ether oxygens (including phenoxy) is 1. The zero-order valence-electron chi connectivity index (χ0n) is 18.2. The van der Waals surface area contributed by atoms with Gasteiger partial charge < -0.3 is 9.64 Å². The van der Waals surface area contributed by atoms with Crippen LogP contribution in [0.25, 0.3) is 16.4 Å². The molecule has 1 aliphatic rings. The molecule has 0 atom stereocenters. The average molecular weight is 482 g/mol. The van der Waals surface area contributed by atoms with Crippen LogP contribution in [0.15, 0.2) is 66.0 Å². The van der Waals surface area contributed by atoms with Crippen molar-refractivity contribution < 1.29 is 9.13 Å². The quantitative estimate of drug-likeness (QED) is 0.360. The van der Waals surface area contributed by atoms with Gasteiger partial charge in [0.1, 0.15) is 11.6 Å². The van der Waals surface area contributed by atoms with Gasteiger partial charge >= 0.3 is 0 Å². The summed E-state index contributed by atoms with van der Waals surface area (Å²) < 4.78 is 24.2. The molecule has 4 aromatic rings. The maximum absolute atomic E-state index is 14.2. The highest BCUT2D eigenvalue weighted by Crippen LogP contribution is 2.31. The molecule has 0 radical (unpaired) electrons. The van der Waals surface area contributed by atoms with E-state index < -0.39 is 0 Å². The van der Waals surface area contributed by atoms with Crippen LogP contribution in [0.5, 0.6) is 5.75 Å². The van der Waals surface area contributed by atoms with Crippen molar-refractivity contribution >= 4 is 29.2 Å². The Hall–Kier alpha value is -3.01. The lowest BCUT2D eigenvalue weighted by Crippen LogP contribution is -2.47. The summed E-state index contributed by atoms with van der Waals surface area (Å²) in [7, 11) is 1.66. The van der Waals surface area contributed by atoms with Crippen molar-refractivity contribution in [1.29, 1.82) is 0 Å². The lowest BCUT2D eigenvalue weighted by atomic mass is 10.2. The summed E-state index contributed by atoms with van der Waals surface area (Å²) in [6.45, 7) is 3.67. The Kier molecular flexibility index (Phi) is 6.26. The Morgan fingerprint density at radius 1 is 0.970 bits per heavy atom. The lowest BCUT2D eigenvalue weighted by molar-refractivity contribution is 0.194. The molecule has 0 amide bonds. The molecule has 0 aliphatic carbocycles. The highest BCUT2D eigenvalue weighted by Gasteiger charge is 2.22. The average Bonchev–Trinajstić information content (AvgIpc) is 3.49. The number of methoxy groups -OCH3 is 1. The van der Waals surface area contributed by atoms with Crippen molar-refractivity contribution in [1.82, 2.24) is 19.2 Å². The van der Waals surface area contributed by atoms with Crippen LogP contribution >= 0.6 is 23.6 Å². The highest BCUT2D eigenvalue weighted by atomic mass is 32.1. The smallest absolute Gasteiger partial charge is 0.204 e. The summed E-state index contributed by atoms with van der Waals surface area (Å²) in [5.74, 6) is 1.36. The van der Waals surface area contributed by atoms with Gasteiger partial charge in [0, 0.05) is 26.2 Å². The number of hydrogen-bond donors (Lipinski definition) is 0. The van der Waals surface area contributed by atoms with E-state index in [1.807, 2.05) is 63.2 Å². The second-order valence-electron chi connectivity index (χ2n) is 7.79. The fourth-order valence-corrected chi connectivity index (χ4v) is 5.11. The molecule has 170 valence electrons. The SMILES string of the molecule is COc1ccccc1-n1c(-c2cccs2)nn(CN2CCN(c3ccccc3F)CC2)c1=S. The predicted octanol–water partition coefficient (Wildman–Crippen LogP) is 5.06. The van der Waals surface area contributed by atoms with Crippen LogP contribution in [-0.2, 0) is 6.67 Å². The topological polar surface area (TPSA) is 38.5 Å². The first kappa shape index (κ1) is 21.8. The molecular formula is C24H24FN5OS2. The third-order valence-electron chi connectivity index (χ3n) is 5.81. The summed E-state index contributed by atoms with van der Waals surface area (Å²) in [5, 5.41) is 6.94. The van der Waals surface area contributed by atoms with Crippen LogP contribution in [0.4, 0.5) is 10.1 Å². The molecule has 5 rings (SSSR count). The second-order valence-corrected chi connectivity index (χ2v) is 9.10. The number of aromatic nitrogens is 3. The molecule has 1 saturated heterocycles. The first-order valence-corrected chi connectivity index (χ1v) is 12.0. The Morgan fingerprint density at radius 3 is 2.39 bits per heavy atom. The largest absolute Gasteiger partial charge is 0.495 e. The number of halogens is 1. The molecule has 6 nitrogen and oxygen atoms in total. The minimum atomic E-state index is -0.177. The van der Waals surface area contributed by atoms with Crippen molar-refractivity contribution in [3.05, 3.63) is 76.6 Å². The number of thiophene rings is 1. The van der Waals surface area contributed by atoms with E-state index in [4.69, 9.17) is 22.1 Å². The number of hydrogen-bond acceptors (Lipinski definition) is 6. The molecule has 0 bridgehead atoms. The maximum atomic E-state index is 14.2. The predicted molar refractivity (Wildman–Crippen MR) is 132 cm³/mol. The monoisotopic (exact) mass is 481 g/mol. The zero-order chi connectivity index (χ0) is 22.8. The van der Waals surface area contributed by atoms with Gasteiger partial charge in [-0.05, 0) is 47.9 Å². The molecule has 0 spiro atoms. The van der Waals surface area contributed by atoms with Crippen molar-refractivity contribution in [3.63, 3.8) is 0 Å². The summed E-state index contributed by atoms with van der Waals surface area (Å²) in [6.07, 6.45) is 0. The molecule has 0 N–H and O–H groups in total. The molecule has 9 heteroatoms. The summed E-state index contributed by atoms with van der Waals surface area (Å²) >= 11 is 7.51. The van der Waals surface area contributed by atoms with E-state index in [-0.39, 0.29) is 5.82 Å². The first-order valence-electron chi connectivity index (χ1n) is 10.7. The van der Waals surface area contributed by atoms with Crippen molar-refractivity contribution in [3.8, 4) is 22.1 Å². The minimum Gasteiger partial charge on any atom is -0.495 e. The van der Waals surface area contributed by atoms with E-state index in [0.29, 0.717) is 17.1 Å². The number of piperazine rings is 1. The highest BCUT2D eigenvalue weighted by molar-refractivity contribution is 7.71. The van der Waals surface area contributed by atoms with Crippen LogP contribution in [0, 0.1) is 10.6 Å². The molecule has 0 saturated carbocycles. The second kappa shape index (κ2) is 9.46. The molecule has 33 heavy (non-hydrogen) atoms. The summed E-state index contributed by atoms with van der Waals surface area (Å²) in [4.78, 5) is 5.43. The zero-order valence-corrected chi connectivity index (χ0v) is 19.9. The van der Waals surface area contributed by atoms with Crippen molar-refractivity contribution in [2.75, 3.05) is 38.2 Å². The van der Waals surface area contributed by atoms with Gasteiger partial charge in [0.15, 0.2) is 5.82 Å². The Bertz CT molecular complexity index is 1290. The van der Waals surface area contributed by atoms with Crippen LogP contribution in [-0.4, -0.2) is 52.5 Å². The third kappa shape index (κ3) is 4.31. The van der Waals surface area contributed by atoms with E-state index >= 15 is 0 Å². The normalized spacial score (nSPS) is 14.5. The Labute approximate surface area is 201 Å². The number of rotatable bonds is 6. The first-order chi connectivity index (χ1) is 16.2. The third-order valence-corrected chi connectivity index (χ3v) is 7.07. The fourth-order valence-electron chi connectivity index (χ4n) is 4.12. The molecule has 1 aliphatic heterocycles. The van der Waals surface area contributed by atoms with Crippen LogP contribution in [0.2, 0.25) is 0 Å². The van der Waals surface area contributed by atoms with Gasteiger partial charge in [-0.15, -0.1) is 16.4 Å². The van der Waals surface area contributed by atoms with E-state index in [1.54, 1.807) is 24.5 Å². The van der Waals surface area contributed by atoms with Gasteiger partial charge in [-0.3, -0.25) is 9.47 Å². The fraction of sp³-hybridized carbons (Fsp3) is 0.250. The van der Waals surface area contributed by atoms with Gasteiger partial charge in [-0.25, -0.2) is 9.07 Å². The van der Waals surface area contributed by atoms with Crippen LogP contribution in [0.1, 0.15) is 0 Å². The molecule has 1 fully saturated rings. The van der Waals surface area contributed by atoms with Gasteiger partial charge in [0.25, 0.3) is 0 Å². The van der Waals surface area contributed by atoms with Crippen LogP contribution < -0.4 is 9.64 Å². The molecule has 2 aromatic carbocycles. The molecular weight excluding hydrogens is 457 g/mol. The van der Waals surface area contributed by atoms with E-state index in [0.717, 1.165) is 48.3 Å². The maximum Gasteiger partial charge on any atom is 0.204 e. The number of anilines is 1. The van der Waals surface area contributed by atoms with E-state index in [9.17, 15) is 4.39 Å². The van der Waals surface area contributed by atoms with Crippen LogP contribution in [0.3, 0.4) is 0 Å². The Morgan fingerprint density at radius 2 is 1.70 bits per heavy atom. The van der Waals surface area contributed by atoms with Gasteiger partial charge in [0.05, 0.1) is 30.0 Å². The molecule has 3 heterocycles. The van der Waals surface area contributed by atoms with Gasteiger partial charge in [-0.2, -0.15) is 0 Å². The molecule has 0 unspecified atom stereocenters. The summed E-state index contributed by atoms with van der Waals surface area (Å²) in [6, 6.07) is 18.8. The standard InChI is InChI=1S/C24H24FN5OS2/c1-31-21-10-5-4-9-20(21)30-23(22-11-6-16-33-22)26-29(24(30)32)17-27-12-14-28(15-13-27)19-8-3-2-7-18(19)25/h2-11,16H,12-15,17H2,1H3. The lowest BCUT2D eigenvalue weighted by Gasteiger charge is -2.35. The minimum absolute atomic E-state index is 0.177. The van der Waals surface area contributed by atoms with E-state index in [2.05, 4.69) is 9.80 Å². The van der Waals surface area contributed by atoms with E-state index in [1.165, 1.54) is 6.07 Å². The number of benzene rings is 2. The van der Waals surface area contributed by atoms with Gasteiger partial charge in [0.2, 0.25) is 4.77 Å². The van der Waals surface area contributed by atoms with Crippen molar-refractivity contribution in [2.45, 2.75) is 6.67 Å².